The smallest absolute Gasteiger partial charge is 0.357 e. The van der Waals surface area contributed by atoms with E-state index in [0.717, 1.165) is 29.4 Å². The summed E-state index contributed by atoms with van der Waals surface area (Å²) in [5.41, 5.74) is -0.300. The molecule has 32 heavy (non-hydrogen) atoms. The Kier molecular flexibility index (Phi) is 9.80. The molecule has 0 amide bonds. The molecule has 7 heteroatoms. The van der Waals surface area contributed by atoms with E-state index in [0.29, 0.717) is 36.8 Å². The van der Waals surface area contributed by atoms with Gasteiger partial charge in [-0.25, -0.2) is 9.78 Å². The van der Waals surface area contributed by atoms with Crippen molar-refractivity contribution in [2.75, 3.05) is 12.4 Å². The standard InChI is InChI=1S/C25H37NO4S2/c1-3-30-23(28)21-17-32-24(26-21)31-15-13-20-19(11-12-22(20)27)10-7-14-25(2,29)16-18-8-5-4-6-9-18/h7,10,17-20,29H,3-6,8-9,11-16H2,1-2H3/b10-7+/t19-,20-,25?/m1/s1. The first-order valence-electron chi connectivity index (χ1n) is 12.0. The normalized spacial score (nSPS) is 24.2. The molecule has 2 fully saturated rings. The Morgan fingerprint density at radius 3 is 2.88 bits per heavy atom. The van der Waals surface area contributed by atoms with Crippen LogP contribution in [-0.2, 0) is 9.53 Å². The van der Waals surface area contributed by atoms with E-state index in [4.69, 9.17) is 4.74 Å². The molecule has 2 aliphatic carbocycles. The number of thioether (sulfide) groups is 1. The third-order valence-electron chi connectivity index (χ3n) is 6.67. The molecule has 3 atom stereocenters. The molecule has 0 saturated heterocycles. The molecule has 1 aromatic rings. The van der Waals surface area contributed by atoms with Crippen molar-refractivity contribution in [3.8, 4) is 0 Å². The molecular formula is C25H37NO4S2. The largest absolute Gasteiger partial charge is 0.461 e. The number of aliphatic hydroxyl groups is 1. The van der Waals surface area contributed by atoms with Gasteiger partial charge in [-0.05, 0) is 51.4 Å². The summed E-state index contributed by atoms with van der Waals surface area (Å²) >= 11 is 3.04. The lowest BCUT2D eigenvalue weighted by Crippen LogP contribution is -2.28. The Hall–Kier alpha value is -1.18. The molecule has 2 aliphatic rings. The van der Waals surface area contributed by atoms with Crippen LogP contribution >= 0.6 is 23.1 Å². The van der Waals surface area contributed by atoms with Crippen LogP contribution in [-0.4, -0.2) is 39.8 Å². The van der Waals surface area contributed by atoms with E-state index >= 15 is 0 Å². The number of rotatable bonds is 11. The number of carbonyl (C=O) groups excluding carboxylic acids is 2. The number of Topliss-reactive ketones (excluding diaryl/α,β-unsaturated/α-hetero) is 1. The van der Waals surface area contributed by atoms with Gasteiger partial charge >= 0.3 is 5.97 Å². The van der Waals surface area contributed by atoms with Gasteiger partial charge in [0.2, 0.25) is 0 Å². The molecular weight excluding hydrogens is 442 g/mol. The molecule has 1 N–H and O–H groups in total. The molecule has 0 aromatic carbocycles. The minimum Gasteiger partial charge on any atom is -0.461 e. The van der Waals surface area contributed by atoms with E-state index in [-0.39, 0.29) is 17.8 Å². The third kappa shape index (κ3) is 7.70. The van der Waals surface area contributed by atoms with Crippen molar-refractivity contribution < 1.29 is 19.4 Å². The highest BCUT2D eigenvalue weighted by molar-refractivity contribution is 8.01. The van der Waals surface area contributed by atoms with Crippen LogP contribution < -0.4 is 0 Å². The first-order chi connectivity index (χ1) is 15.4. The van der Waals surface area contributed by atoms with Gasteiger partial charge in [-0.2, -0.15) is 0 Å². The molecule has 1 heterocycles. The number of hydrogen-bond donors (Lipinski definition) is 1. The maximum absolute atomic E-state index is 12.4. The molecule has 0 bridgehead atoms. The number of hydrogen-bond acceptors (Lipinski definition) is 7. The van der Waals surface area contributed by atoms with Gasteiger partial charge in [0.25, 0.3) is 0 Å². The summed E-state index contributed by atoms with van der Waals surface area (Å²) in [6, 6.07) is 0. The van der Waals surface area contributed by atoms with Crippen molar-refractivity contribution in [2.24, 2.45) is 17.8 Å². The van der Waals surface area contributed by atoms with Gasteiger partial charge in [-0.1, -0.05) is 56.0 Å². The van der Waals surface area contributed by atoms with Crippen molar-refractivity contribution >= 4 is 34.9 Å². The zero-order valence-corrected chi connectivity index (χ0v) is 21.0. The molecule has 1 aromatic heterocycles. The van der Waals surface area contributed by atoms with Crippen LogP contribution in [0.15, 0.2) is 21.9 Å². The Morgan fingerprint density at radius 2 is 2.12 bits per heavy atom. The number of aromatic nitrogens is 1. The molecule has 0 spiro atoms. The molecule has 2 saturated carbocycles. The molecule has 1 unspecified atom stereocenters. The second-order valence-corrected chi connectivity index (χ2v) is 11.7. The number of ketones is 1. The van der Waals surface area contributed by atoms with Crippen LogP contribution in [0.1, 0.15) is 88.5 Å². The topological polar surface area (TPSA) is 76.5 Å². The molecule has 178 valence electrons. The number of thiazole rings is 1. The molecule has 0 radical (unpaired) electrons. The average molecular weight is 480 g/mol. The Bertz CT molecular complexity index is 783. The predicted molar refractivity (Wildman–Crippen MR) is 130 cm³/mol. The van der Waals surface area contributed by atoms with Crippen LogP contribution in [0.5, 0.6) is 0 Å². The fourth-order valence-electron chi connectivity index (χ4n) is 5.03. The summed E-state index contributed by atoms with van der Waals surface area (Å²) in [4.78, 5) is 28.5. The van der Waals surface area contributed by atoms with Crippen LogP contribution in [0.3, 0.4) is 0 Å². The summed E-state index contributed by atoms with van der Waals surface area (Å²) < 4.78 is 5.82. The number of esters is 1. The van der Waals surface area contributed by atoms with Crippen LogP contribution in [0, 0.1) is 17.8 Å². The number of allylic oxidation sites excluding steroid dienone is 1. The van der Waals surface area contributed by atoms with Crippen molar-refractivity contribution in [1.29, 1.82) is 0 Å². The summed E-state index contributed by atoms with van der Waals surface area (Å²) in [7, 11) is 0. The van der Waals surface area contributed by atoms with Gasteiger partial charge in [0.05, 0.1) is 12.2 Å². The number of carbonyl (C=O) groups is 2. The Labute approximate surface area is 200 Å². The maximum Gasteiger partial charge on any atom is 0.357 e. The monoisotopic (exact) mass is 479 g/mol. The van der Waals surface area contributed by atoms with Gasteiger partial charge in [0.15, 0.2) is 10.0 Å². The SMILES string of the molecule is CCOC(=O)c1csc(SCC[C@H]2C(=O)CC[C@H]2/C=C/CC(C)(O)CC2CCCCC2)n1. The number of ether oxygens (including phenoxy) is 1. The molecule has 3 rings (SSSR count). The van der Waals surface area contributed by atoms with E-state index in [1.165, 1.54) is 43.4 Å². The highest BCUT2D eigenvalue weighted by Crippen LogP contribution is 2.36. The van der Waals surface area contributed by atoms with Crippen molar-refractivity contribution in [3.63, 3.8) is 0 Å². The summed E-state index contributed by atoms with van der Waals surface area (Å²) in [6.45, 7) is 4.08. The van der Waals surface area contributed by atoms with E-state index < -0.39 is 5.60 Å². The fourth-order valence-corrected chi connectivity index (χ4v) is 6.92. The average Bonchev–Trinajstić information content (AvgIpc) is 3.36. The quantitative estimate of drug-likeness (QED) is 0.236. The van der Waals surface area contributed by atoms with Crippen LogP contribution in [0.25, 0.3) is 0 Å². The van der Waals surface area contributed by atoms with Crippen molar-refractivity contribution in [1.82, 2.24) is 4.98 Å². The first-order valence-corrected chi connectivity index (χ1v) is 13.9. The number of nitrogens with zero attached hydrogens (tertiary/aromatic N) is 1. The lowest BCUT2D eigenvalue weighted by Gasteiger charge is -2.30. The predicted octanol–water partition coefficient (Wildman–Crippen LogP) is 6.07. The van der Waals surface area contributed by atoms with Gasteiger partial charge in [0, 0.05) is 23.5 Å². The minimum absolute atomic E-state index is 0.0477. The highest BCUT2D eigenvalue weighted by atomic mass is 32.2. The van der Waals surface area contributed by atoms with Crippen LogP contribution in [0.2, 0.25) is 0 Å². The second-order valence-electron chi connectivity index (χ2n) is 9.47. The van der Waals surface area contributed by atoms with Crippen molar-refractivity contribution in [2.45, 2.75) is 88.0 Å². The lowest BCUT2D eigenvalue weighted by molar-refractivity contribution is -0.121. The van der Waals surface area contributed by atoms with Gasteiger partial charge in [-0.15, -0.1) is 11.3 Å². The zero-order valence-electron chi connectivity index (χ0n) is 19.4. The molecule has 0 aliphatic heterocycles. The van der Waals surface area contributed by atoms with E-state index in [1.54, 1.807) is 24.1 Å². The van der Waals surface area contributed by atoms with Crippen LogP contribution in [0.4, 0.5) is 0 Å². The summed E-state index contributed by atoms with van der Waals surface area (Å²) in [5.74, 6) is 1.73. The van der Waals surface area contributed by atoms with E-state index in [9.17, 15) is 14.7 Å². The molecule has 5 nitrogen and oxygen atoms in total. The first kappa shape index (κ1) is 25.4. The van der Waals surface area contributed by atoms with Gasteiger partial charge in [0.1, 0.15) is 5.78 Å². The fraction of sp³-hybridized carbons (Fsp3) is 0.720. The third-order valence-corrected chi connectivity index (χ3v) is 8.72. The lowest BCUT2D eigenvalue weighted by atomic mass is 9.80. The highest BCUT2D eigenvalue weighted by Gasteiger charge is 2.33. The second kappa shape index (κ2) is 12.3. The minimum atomic E-state index is -0.659. The van der Waals surface area contributed by atoms with Crippen molar-refractivity contribution in [3.05, 3.63) is 23.2 Å². The maximum atomic E-state index is 12.4. The van der Waals surface area contributed by atoms with Gasteiger partial charge in [-0.3, -0.25) is 4.79 Å². The Morgan fingerprint density at radius 1 is 1.34 bits per heavy atom. The Balaban J connectivity index is 1.44. The van der Waals surface area contributed by atoms with E-state index in [2.05, 4.69) is 17.1 Å². The van der Waals surface area contributed by atoms with Gasteiger partial charge < -0.3 is 9.84 Å². The zero-order chi connectivity index (χ0) is 23.0. The summed E-state index contributed by atoms with van der Waals surface area (Å²) in [6.07, 6.45) is 14.6. The summed E-state index contributed by atoms with van der Waals surface area (Å²) in [5, 5.41) is 12.6. The van der Waals surface area contributed by atoms with E-state index in [1.807, 2.05) is 6.92 Å².